The van der Waals surface area contributed by atoms with Crippen LogP contribution in [0.1, 0.15) is 49.4 Å². The van der Waals surface area contributed by atoms with E-state index in [9.17, 15) is 4.79 Å². The van der Waals surface area contributed by atoms with Crippen molar-refractivity contribution in [3.8, 4) is 0 Å². The fraction of sp³-hybridized carbons (Fsp3) is 0.562. The topological polar surface area (TPSA) is 64.1 Å². The Morgan fingerprint density at radius 3 is 3.00 bits per heavy atom. The van der Waals surface area contributed by atoms with Crippen LogP contribution in [0.3, 0.4) is 0 Å². The van der Waals surface area contributed by atoms with Gasteiger partial charge >= 0.3 is 5.97 Å². The van der Waals surface area contributed by atoms with E-state index in [2.05, 4.69) is 21.4 Å². The van der Waals surface area contributed by atoms with Crippen LogP contribution in [0.4, 0.5) is 5.82 Å². The molecule has 0 bridgehead atoms. The van der Waals surface area contributed by atoms with E-state index in [0.29, 0.717) is 23.1 Å². The van der Waals surface area contributed by atoms with E-state index >= 15 is 0 Å². The molecule has 0 radical (unpaired) electrons. The smallest absolute Gasteiger partial charge is 0.343 e. The highest BCUT2D eigenvalue weighted by Crippen LogP contribution is 2.21. The van der Waals surface area contributed by atoms with E-state index in [1.54, 1.807) is 13.1 Å². The van der Waals surface area contributed by atoms with Gasteiger partial charge in [0, 0.05) is 12.7 Å². The van der Waals surface area contributed by atoms with Gasteiger partial charge in [0.05, 0.1) is 6.61 Å². The second-order valence-corrected chi connectivity index (χ2v) is 5.90. The number of hydrogen-bond acceptors (Lipinski definition) is 6. The van der Waals surface area contributed by atoms with Crippen molar-refractivity contribution in [1.29, 1.82) is 0 Å². The standard InChI is InChI=1S/C16H23N3O2S/c1-3-21-15(20)13-11-18-16(22-2)19-14(13)17-10-9-12-7-5-4-6-8-12/h7,11H,3-6,8-10H2,1-2H3,(H,17,18,19). The summed E-state index contributed by atoms with van der Waals surface area (Å²) in [5.74, 6) is 0.184. The molecule has 0 unspecified atom stereocenters. The summed E-state index contributed by atoms with van der Waals surface area (Å²) >= 11 is 1.45. The van der Waals surface area contributed by atoms with Gasteiger partial charge in [-0.2, -0.15) is 0 Å². The normalized spacial score (nSPS) is 14.4. The second kappa shape index (κ2) is 8.78. The Labute approximate surface area is 136 Å². The first kappa shape index (κ1) is 16.8. The van der Waals surface area contributed by atoms with Crippen molar-refractivity contribution in [1.82, 2.24) is 9.97 Å². The largest absolute Gasteiger partial charge is 0.462 e. The molecular formula is C16H23N3O2S. The fourth-order valence-electron chi connectivity index (χ4n) is 2.43. The van der Waals surface area contributed by atoms with E-state index in [0.717, 1.165) is 13.0 Å². The molecular weight excluding hydrogens is 298 g/mol. The molecule has 0 saturated heterocycles. The molecule has 6 heteroatoms. The lowest BCUT2D eigenvalue weighted by atomic mass is 9.97. The average Bonchev–Trinajstić information content (AvgIpc) is 2.56. The van der Waals surface area contributed by atoms with Crippen molar-refractivity contribution in [2.75, 3.05) is 24.7 Å². The molecule has 1 aromatic rings. The third-order valence-corrected chi connectivity index (χ3v) is 4.13. The van der Waals surface area contributed by atoms with Gasteiger partial charge in [-0.1, -0.05) is 23.4 Å². The molecule has 0 atom stereocenters. The third kappa shape index (κ3) is 4.73. The summed E-state index contributed by atoms with van der Waals surface area (Å²) in [6.45, 7) is 2.90. The molecule has 120 valence electrons. The number of allylic oxidation sites excluding steroid dienone is 1. The van der Waals surface area contributed by atoms with Crippen LogP contribution in [0.2, 0.25) is 0 Å². The van der Waals surface area contributed by atoms with Gasteiger partial charge in [-0.05, 0) is 45.3 Å². The predicted molar refractivity (Wildman–Crippen MR) is 89.4 cm³/mol. The zero-order valence-corrected chi connectivity index (χ0v) is 14.0. The van der Waals surface area contributed by atoms with Crippen LogP contribution in [-0.4, -0.2) is 35.3 Å². The molecule has 1 aliphatic carbocycles. The van der Waals surface area contributed by atoms with Gasteiger partial charge in [0.25, 0.3) is 0 Å². The zero-order valence-electron chi connectivity index (χ0n) is 13.2. The highest BCUT2D eigenvalue weighted by Gasteiger charge is 2.15. The van der Waals surface area contributed by atoms with Crippen LogP contribution >= 0.6 is 11.8 Å². The van der Waals surface area contributed by atoms with E-state index in [1.165, 1.54) is 43.0 Å². The summed E-state index contributed by atoms with van der Waals surface area (Å²) in [7, 11) is 0. The monoisotopic (exact) mass is 321 g/mol. The van der Waals surface area contributed by atoms with Crippen LogP contribution in [0.25, 0.3) is 0 Å². The van der Waals surface area contributed by atoms with Gasteiger partial charge in [0.2, 0.25) is 0 Å². The number of aromatic nitrogens is 2. The van der Waals surface area contributed by atoms with Crippen molar-refractivity contribution in [3.63, 3.8) is 0 Å². The first-order valence-corrected chi connectivity index (χ1v) is 8.97. The molecule has 5 nitrogen and oxygen atoms in total. The Balaban J connectivity index is 2.03. The summed E-state index contributed by atoms with van der Waals surface area (Å²) in [5, 5.41) is 3.91. The molecule has 22 heavy (non-hydrogen) atoms. The number of anilines is 1. The number of hydrogen-bond donors (Lipinski definition) is 1. The number of nitrogens with zero attached hydrogens (tertiary/aromatic N) is 2. The van der Waals surface area contributed by atoms with E-state index < -0.39 is 0 Å². The summed E-state index contributed by atoms with van der Waals surface area (Å²) in [5.41, 5.74) is 1.90. The Morgan fingerprint density at radius 1 is 1.45 bits per heavy atom. The third-order valence-electron chi connectivity index (χ3n) is 3.57. The molecule has 2 rings (SSSR count). The lowest BCUT2D eigenvalue weighted by Gasteiger charge is -2.14. The lowest BCUT2D eigenvalue weighted by molar-refractivity contribution is 0.0526. The number of carbonyl (C=O) groups excluding carboxylic acids is 1. The highest BCUT2D eigenvalue weighted by molar-refractivity contribution is 7.98. The molecule has 1 aliphatic rings. The number of carbonyl (C=O) groups is 1. The Morgan fingerprint density at radius 2 is 2.32 bits per heavy atom. The summed E-state index contributed by atoms with van der Waals surface area (Å²) in [4.78, 5) is 20.5. The minimum Gasteiger partial charge on any atom is -0.462 e. The summed E-state index contributed by atoms with van der Waals surface area (Å²) < 4.78 is 5.06. The highest BCUT2D eigenvalue weighted by atomic mass is 32.2. The molecule has 1 aromatic heterocycles. The van der Waals surface area contributed by atoms with Gasteiger partial charge in [-0.15, -0.1) is 0 Å². The van der Waals surface area contributed by atoms with Crippen molar-refractivity contribution >= 4 is 23.5 Å². The van der Waals surface area contributed by atoms with Crippen LogP contribution in [0.15, 0.2) is 23.0 Å². The number of thioether (sulfide) groups is 1. The summed E-state index contributed by atoms with van der Waals surface area (Å²) in [6.07, 6.45) is 11.7. The van der Waals surface area contributed by atoms with Gasteiger partial charge in [0.15, 0.2) is 5.16 Å². The van der Waals surface area contributed by atoms with E-state index in [1.807, 2.05) is 6.26 Å². The quantitative estimate of drug-likeness (QED) is 0.358. The Bertz CT molecular complexity index is 546. The molecule has 0 aliphatic heterocycles. The van der Waals surface area contributed by atoms with Gasteiger partial charge in [-0.25, -0.2) is 14.8 Å². The molecule has 0 aromatic carbocycles. The van der Waals surface area contributed by atoms with E-state index in [-0.39, 0.29) is 5.97 Å². The maximum absolute atomic E-state index is 12.0. The van der Waals surface area contributed by atoms with Crippen LogP contribution in [-0.2, 0) is 4.74 Å². The maximum atomic E-state index is 12.0. The first-order chi connectivity index (χ1) is 10.7. The van der Waals surface area contributed by atoms with Crippen LogP contribution < -0.4 is 5.32 Å². The van der Waals surface area contributed by atoms with E-state index in [4.69, 9.17) is 4.74 Å². The SMILES string of the molecule is CCOC(=O)c1cnc(SC)nc1NCCC1=CCCCC1. The van der Waals surface area contributed by atoms with Crippen molar-refractivity contribution in [2.45, 2.75) is 44.2 Å². The first-order valence-electron chi connectivity index (χ1n) is 7.74. The number of ether oxygens (including phenoxy) is 1. The van der Waals surface area contributed by atoms with Crippen LogP contribution in [0.5, 0.6) is 0 Å². The van der Waals surface area contributed by atoms with Crippen molar-refractivity contribution in [2.24, 2.45) is 0 Å². The van der Waals surface area contributed by atoms with Gasteiger partial charge < -0.3 is 10.1 Å². The zero-order chi connectivity index (χ0) is 15.8. The minimum atomic E-state index is -0.380. The Hall–Kier alpha value is -1.56. The predicted octanol–water partition coefficient (Wildman–Crippen LogP) is 3.68. The number of esters is 1. The van der Waals surface area contributed by atoms with Gasteiger partial charge in [0.1, 0.15) is 11.4 Å². The fourth-order valence-corrected chi connectivity index (χ4v) is 2.77. The minimum absolute atomic E-state index is 0.343. The van der Waals surface area contributed by atoms with Gasteiger partial charge in [-0.3, -0.25) is 0 Å². The molecule has 0 fully saturated rings. The maximum Gasteiger partial charge on any atom is 0.343 e. The van der Waals surface area contributed by atoms with Crippen molar-refractivity contribution < 1.29 is 9.53 Å². The summed E-state index contributed by atoms with van der Waals surface area (Å²) in [6, 6.07) is 0. The molecule has 0 saturated carbocycles. The Kier molecular flexibility index (Phi) is 6.71. The molecule has 1 heterocycles. The van der Waals surface area contributed by atoms with Crippen LogP contribution in [0, 0.1) is 0 Å². The second-order valence-electron chi connectivity index (χ2n) is 5.12. The average molecular weight is 321 g/mol. The molecule has 0 spiro atoms. The molecule has 0 amide bonds. The molecule has 1 N–H and O–H groups in total. The van der Waals surface area contributed by atoms with Crippen molar-refractivity contribution in [3.05, 3.63) is 23.4 Å². The number of nitrogens with one attached hydrogen (secondary N) is 1. The number of rotatable bonds is 7. The lowest BCUT2D eigenvalue weighted by Crippen LogP contribution is -2.14.